The molecule has 2 aromatic rings. The van der Waals surface area contributed by atoms with E-state index in [-0.39, 0.29) is 0 Å². The lowest BCUT2D eigenvalue weighted by Crippen LogP contribution is -1.86. The third-order valence-corrected chi connectivity index (χ3v) is 2.87. The summed E-state index contributed by atoms with van der Waals surface area (Å²) >= 11 is 0. The zero-order chi connectivity index (χ0) is 12.6. The van der Waals surface area contributed by atoms with Crippen LogP contribution in [-0.4, -0.2) is 16.1 Å². The quantitative estimate of drug-likeness (QED) is 0.777. The number of hydrogen-bond acceptors (Lipinski definition) is 1. The molecule has 3 nitrogen and oxygen atoms in total. The highest BCUT2D eigenvalue weighted by Crippen LogP contribution is 2.27. The van der Waals surface area contributed by atoms with Gasteiger partial charge in [0.05, 0.1) is 0 Å². The van der Waals surface area contributed by atoms with Gasteiger partial charge >= 0.3 is 5.97 Å². The first-order valence-corrected chi connectivity index (χ1v) is 5.49. The molecule has 0 spiro atoms. The SMILES string of the molecule is Cc1cc(C)c2c(/C=C/C(=O)O)c(C)[nH]c2c1. The molecule has 3 heteroatoms. The van der Waals surface area contributed by atoms with E-state index in [0.717, 1.165) is 27.7 Å². The summed E-state index contributed by atoms with van der Waals surface area (Å²) in [6, 6.07) is 4.18. The normalized spacial score (nSPS) is 11.5. The molecule has 17 heavy (non-hydrogen) atoms. The number of H-pyrrole nitrogens is 1. The molecule has 2 N–H and O–H groups in total. The lowest BCUT2D eigenvalue weighted by atomic mass is 10.0. The fraction of sp³-hybridized carbons (Fsp3) is 0.214. The molecular formula is C14H15NO2. The average Bonchev–Trinajstić information content (AvgIpc) is 2.51. The summed E-state index contributed by atoms with van der Waals surface area (Å²) in [4.78, 5) is 13.9. The number of aromatic nitrogens is 1. The number of aliphatic carboxylic acids is 1. The van der Waals surface area contributed by atoms with Crippen LogP contribution in [0.25, 0.3) is 17.0 Å². The zero-order valence-electron chi connectivity index (χ0n) is 10.2. The first kappa shape index (κ1) is 11.5. The minimum absolute atomic E-state index is 0.927. The van der Waals surface area contributed by atoms with E-state index < -0.39 is 5.97 Å². The van der Waals surface area contributed by atoms with Gasteiger partial charge in [-0.05, 0) is 44.0 Å². The van der Waals surface area contributed by atoms with Gasteiger partial charge in [0, 0.05) is 28.2 Å². The molecule has 2 rings (SSSR count). The van der Waals surface area contributed by atoms with Crippen LogP contribution in [0, 0.1) is 20.8 Å². The number of hydrogen-bond donors (Lipinski definition) is 2. The maximum absolute atomic E-state index is 10.6. The summed E-state index contributed by atoms with van der Waals surface area (Å²) < 4.78 is 0. The fourth-order valence-corrected chi connectivity index (χ4v) is 2.24. The largest absolute Gasteiger partial charge is 0.478 e. The molecule has 1 aromatic carbocycles. The van der Waals surface area contributed by atoms with Crippen LogP contribution in [0.3, 0.4) is 0 Å². The Balaban J connectivity index is 2.71. The first-order valence-electron chi connectivity index (χ1n) is 5.49. The average molecular weight is 229 g/mol. The van der Waals surface area contributed by atoms with Crippen LogP contribution in [-0.2, 0) is 4.79 Å². The van der Waals surface area contributed by atoms with Crippen molar-refractivity contribution in [3.05, 3.63) is 40.6 Å². The Kier molecular flexibility index (Phi) is 2.76. The monoisotopic (exact) mass is 229 g/mol. The Morgan fingerprint density at radius 1 is 1.29 bits per heavy atom. The Morgan fingerprint density at radius 2 is 2.00 bits per heavy atom. The van der Waals surface area contributed by atoms with Crippen LogP contribution in [0.1, 0.15) is 22.4 Å². The minimum atomic E-state index is -0.927. The van der Waals surface area contributed by atoms with Crippen LogP contribution >= 0.6 is 0 Å². The molecule has 0 radical (unpaired) electrons. The summed E-state index contributed by atoms with van der Waals surface area (Å²) in [7, 11) is 0. The fourth-order valence-electron chi connectivity index (χ4n) is 2.24. The summed E-state index contributed by atoms with van der Waals surface area (Å²) in [5.74, 6) is -0.927. The summed E-state index contributed by atoms with van der Waals surface area (Å²) in [6.07, 6.45) is 2.83. The topological polar surface area (TPSA) is 53.1 Å². The van der Waals surface area contributed by atoms with E-state index in [0.29, 0.717) is 0 Å². The zero-order valence-corrected chi connectivity index (χ0v) is 10.2. The van der Waals surface area contributed by atoms with Crippen LogP contribution < -0.4 is 0 Å². The summed E-state index contributed by atoms with van der Waals surface area (Å²) in [5, 5.41) is 9.79. The van der Waals surface area contributed by atoms with Gasteiger partial charge in [-0.25, -0.2) is 4.79 Å². The Morgan fingerprint density at radius 3 is 2.65 bits per heavy atom. The van der Waals surface area contributed by atoms with Crippen LogP contribution in [0.15, 0.2) is 18.2 Å². The van der Waals surface area contributed by atoms with E-state index in [1.807, 2.05) is 13.8 Å². The number of carboxylic acids is 1. The maximum atomic E-state index is 10.6. The van der Waals surface area contributed by atoms with Crippen molar-refractivity contribution >= 4 is 22.9 Å². The Bertz CT molecular complexity index is 621. The molecule has 88 valence electrons. The lowest BCUT2D eigenvalue weighted by molar-refractivity contribution is -0.131. The number of aryl methyl sites for hydroxylation is 3. The molecule has 0 saturated carbocycles. The van der Waals surface area contributed by atoms with Crippen molar-refractivity contribution in [2.24, 2.45) is 0 Å². The molecule has 0 amide bonds. The predicted octanol–water partition coefficient (Wildman–Crippen LogP) is 3.19. The molecule has 0 atom stereocenters. The Hall–Kier alpha value is -2.03. The number of aromatic amines is 1. The van der Waals surface area contributed by atoms with E-state index in [9.17, 15) is 4.79 Å². The third-order valence-electron chi connectivity index (χ3n) is 2.87. The standard InChI is InChI=1S/C14H15NO2/c1-8-6-9(2)14-11(4-5-13(16)17)10(3)15-12(14)7-8/h4-7,15H,1-3H3,(H,16,17)/b5-4+. The molecule has 0 saturated heterocycles. The van der Waals surface area contributed by atoms with Crippen LogP contribution in [0.2, 0.25) is 0 Å². The highest BCUT2D eigenvalue weighted by molar-refractivity contribution is 5.96. The van der Waals surface area contributed by atoms with Crippen LogP contribution in [0.5, 0.6) is 0 Å². The van der Waals surface area contributed by atoms with Crippen molar-refractivity contribution in [2.45, 2.75) is 20.8 Å². The molecule has 0 aliphatic rings. The van der Waals surface area contributed by atoms with E-state index in [2.05, 4.69) is 24.0 Å². The van der Waals surface area contributed by atoms with Crippen molar-refractivity contribution in [1.29, 1.82) is 0 Å². The summed E-state index contributed by atoms with van der Waals surface area (Å²) in [6.45, 7) is 6.05. The van der Waals surface area contributed by atoms with Gasteiger partial charge in [0.25, 0.3) is 0 Å². The highest BCUT2D eigenvalue weighted by Gasteiger charge is 2.09. The smallest absolute Gasteiger partial charge is 0.328 e. The van der Waals surface area contributed by atoms with Gasteiger partial charge in [0.15, 0.2) is 0 Å². The minimum Gasteiger partial charge on any atom is -0.478 e. The number of nitrogens with one attached hydrogen (secondary N) is 1. The number of benzene rings is 1. The first-order chi connectivity index (χ1) is 7.99. The molecule has 1 aromatic heterocycles. The molecule has 0 aliphatic heterocycles. The van der Waals surface area contributed by atoms with Gasteiger partial charge < -0.3 is 10.1 Å². The van der Waals surface area contributed by atoms with Gasteiger partial charge in [-0.1, -0.05) is 6.07 Å². The number of rotatable bonds is 2. The second kappa shape index (κ2) is 4.09. The third kappa shape index (κ3) is 2.09. The summed E-state index contributed by atoms with van der Waals surface area (Å²) in [5.41, 5.74) is 5.37. The highest BCUT2D eigenvalue weighted by atomic mass is 16.4. The van der Waals surface area contributed by atoms with E-state index in [1.54, 1.807) is 6.08 Å². The number of fused-ring (bicyclic) bond motifs is 1. The predicted molar refractivity (Wildman–Crippen MR) is 69.2 cm³/mol. The van der Waals surface area contributed by atoms with Crippen molar-refractivity contribution in [1.82, 2.24) is 4.98 Å². The van der Waals surface area contributed by atoms with Gasteiger partial charge in [-0.2, -0.15) is 0 Å². The lowest BCUT2D eigenvalue weighted by Gasteiger charge is -2.00. The van der Waals surface area contributed by atoms with Gasteiger partial charge in [0.2, 0.25) is 0 Å². The van der Waals surface area contributed by atoms with Crippen molar-refractivity contribution in [3.8, 4) is 0 Å². The molecule has 0 unspecified atom stereocenters. The molecule has 0 fully saturated rings. The van der Waals surface area contributed by atoms with Crippen molar-refractivity contribution < 1.29 is 9.90 Å². The molecule has 0 aliphatic carbocycles. The van der Waals surface area contributed by atoms with E-state index >= 15 is 0 Å². The maximum Gasteiger partial charge on any atom is 0.328 e. The molecule has 1 heterocycles. The van der Waals surface area contributed by atoms with Gasteiger partial charge in [-0.3, -0.25) is 0 Å². The molecular weight excluding hydrogens is 214 g/mol. The van der Waals surface area contributed by atoms with Crippen LogP contribution in [0.4, 0.5) is 0 Å². The molecule has 0 bridgehead atoms. The van der Waals surface area contributed by atoms with Crippen molar-refractivity contribution in [3.63, 3.8) is 0 Å². The van der Waals surface area contributed by atoms with Gasteiger partial charge in [0.1, 0.15) is 0 Å². The van der Waals surface area contributed by atoms with E-state index in [4.69, 9.17) is 5.11 Å². The number of carbonyl (C=O) groups is 1. The van der Waals surface area contributed by atoms with Gasteiger partial charge in [-0.15, -0.1) is 0 Å². The van der Waals surface area contributed by atoms with E-state index in [1.165, 1.54) is 11.6 Å². The second-order valence-electron chi connectivity index (χ2n) is 4.34. The Labute approximate surface area is 99.8 Å². The second-order valence-corrected chi connectivity index (χ2v) is 4.34. The number of carboxylic acid groups (broad SMARTS) is 1. The van der Waals surface area contributed by atoms with Crippen molar-refractivity contribution in [2.75, 3.05) is 0 Å².